The van der Waals surface area contributed by atoms with Gasteiger partial charge < -0.3 is 19.7 Å². The summed E-state index contributed by atoms with van der Waals surface area (Å²) in [4.78, 5) is 28.8. The van der Waals surface area contributed by atoms with E-state index in [4.69, 9.17) is 9.47 Å². The predicted octanol–water partition coefficient (Wildman–Crippen LogP) is 2.53. The van der Waals surface area contributed by atoms with E-state index >= 15 is 0 Å². The fourth-order valence-electron chi connectivity index (χ4n) is 4.40. The number of hydrogen-bond acceptors (Lipinski definition) is 8. The number of anilines is 2. The fourth-order valence-corrected chi connectivity index (χ4v) is 5.33. The van der Waals surface area contributed by atoms with Crippen molar-refractivity contribution in [3.63, 3.8) is 0 Å². The van der Waals surface area contributed by atoms with Crippen LogP contribution in [0, 0.1) is 5.92 Å². The minimum atomic E-state index is -0.136. The van der Waals surface area contributed by atoms with Crippen LogP contribution in [0.5, 0.6) is 11.5 Å². The van der Waals surface area contributed by atoms with Crippen molar-refractivity contribution >= 4 is 33.4 Å². The van der Waals surface area contributed by atoms with Crippen molar-refractivity contribution in [1.29, 1.82) is 0 Å². The van der Waals surface area contributed by atoms with E-state index < -0.39 is 0 Å². The van der Waals surface area contributed by atoms with Crippen LogP contribution in [0.1, 0.15) is 44.2 Å². The van der Waals surface area contributed by atoms with Crippen molar-refractivity contribution in [2.45, 2.75) is 38.6 Å². The van der Waals surface area contributed by atoms with Crippen LogP contribution in [0.4, 0.5) is 10.3 Å². The number of hydrogen-bond donors (Lipinski definition) is 1. The molecule has 2 fully saturated rings. The summed E-state index contributed by atoms with van der Waals surface area (Å²) in [5.74, 6) is 1.49. The Balaban J connectivity index is 1.21. The molecule has 1 aromatic heterocycles. The molecule has 2 amide bonds. The fraction of sp³-hybridized carbons (Fsp3) is 0.545. The van der Waals surface area contributed by atoms with Gasteiger partial charge in [-0.25, -0.2) is 0 Å². The summed E-state index contributed by atoms with van der Waals surface area (Å²) in [7, 11) is 0. The van der Waals surface area contributed by atoms with Crippen molar-refractivity contribution in [2.24, 2.45) is 5.92 Å². The van der Waals surface area contributed by atoms with Crippen LogP contribution in [0.15, 0.2) is 18.2 Å². The lowest BCUT2D eigenvalue weighted by molar-refractivity contribution is -0.126. The molecule has 1 N–H and O–H groups in total. The van der Waals surface area contributed by atoms with Gasteiger partial charge in [0.15, 0.2) is 11.5 Å². The normalized spacial score (nSPS) is 21.5. The van der Waals surface area contributed by atoms with Gasteiger partial charge >= 0.3 is 0 Å². The summed E-state index contributed by atoms with van der Waals surface area (Å²) in [6.45, 7) is 5.21. The highest BCUT2D eigenvalue weighted by atomic mass is 32.1. The van der Waals surface area contributed by atoms with Gasteiger partial charge in [-0.2, -0.15) is 0 Å². The smallest absolute Gasteiger partial charge is 0.228 e. The molecule has 32 heavy (non-hydrogen) atoms. The van der Waals surface area contributed by atoms with Gasteiger partial charge in [0, 0.05) is 26.1 Å². The third-order valence-electron chi connectivity index (χ3n) is 6.20. The number of amides is 2. The molecule has 3 aliphatic rings. The predicted molar refractivity (Wildman–Crippen MR) is 120 cm³/mol. The number of rotatable bonds is 5. The molecule has 1 aromatic carbocycles. The standard InChI is InChI=1S/C22H27N5O4S/c1-14(15-6-7-17-18(12-15)31-11-10-30-17)23-20(29)16-4-2-8-26(13-16)21-24-25-22(32-21)27-9-3-5-19(27)28/h6-7,12,14,16H,2-5,8-11,13H2,1H3,(H,23,29)/t14-,16+/m0/s1. The van der Waals surface area contributed by atoms with E-state index in [1.807, 2.05) is 25.1 Å². The Bertz CT molecular complexity index is 1010. The Hall–Kier alpha value is -2.88. The first-order valence-electron chi connectivity index (χ1n) is 11.2. The molecule has 170 valence electrons. The molecule has 0 saturated carbocycles. The summed E-state index contributed by atoms with van der Waals surface area (Å²) < 4.78 is 11.2. The second-order valence-corrected chi connectivity index (χ2v) is 9.37. The van der Waals surface area contributed by atoms with Gasteiger partial charge in [-0.1, -0.05) is 17.4 Å². The van der Waals surface area contributed by atoms with E-state index in [1.54, 1.807) is 4.90 Å². The minimum absolute atomic E-state index is 0.0385. The highest BCUT2D eigenvalue weighted by molar-refractivity contribution is 7.19. The Labute approximate surface area is 190 Å². The highest BCUT2D eigenvalue weighted by Gasteiger charge is 2.30. The lowest BCUT2D eigenvalue weighted by atomic mass is 9.96. The van der Waals surface area contributed by atoms with Crippen LogP contribution in [0.25, 0.3) is 0 Å². The molecule has 9 nitrogen and oxygen atoms in total. The lowest BCUT2D eigenvalue weighted by Crippen LogP contribution is -2.43. The summed E-state index contributed by atoms with van der Waals surface area (Å²) in [6, 6.07) is 5.67. The molecule has 2 saturated heterocycles. The van der Waals surface area contributed by atoms with E-state index in [9.17, 15) is 9.59 Å². The van der Waals surface area contributed by atoms with Crippen LogP contribution in [0.2, 0.25) is 0 Å². The van der Waals surface area contributed by atoms with Crippen molar-refractivity contribution in [3.8, 4) is 11.5 Å². The first-order chi connectivity index (χ1) is 15.6. The summed E-state index contributed by atoms with van der Waals surface area (Å²) in [5, 5.41) is 13.1. The Morgan fingerprint density at radius 2 is 1.97 bits per heavy atom. The second-order valence-electron chi connectivity index (χ2n) is 8.43. The maximum Gasteiger partial charge on any atom is 0.228 e. The van der Waals surface area contributed by atoms with E-state index in [1.165, 1.54) is 11.3 Å². The molecule has 3 aliphatic heterocycles. The molecule has 0 unspecified atom stereocenters. The van der Waals surface area contributed by atoms with E-state index in [-0.39, 0.29) is 23.8 Å². The van der Waals surface area contributed by atoms with Gasteiger partial charge in [0.1, 0.15) is 13.2 Å². The summed E-state index contributed by atoms with van der Waals surface area (Å²) >= 11 is 1.43. The molecule has 4 heterocycles. The summed E-state index contributed by atoms with van der Waals surface area (Å²) in [6.07, 6.45) is 3.18. The van der Waals surface area contributed by atoms with Crippen LogP contribution in [0.3, 0.4) is 0 Å². The van der Waals surface area contributed by atoms with Gasteiger partial charge in [-0.15, -0.1) is 10.2 Å². The SMILES string of the molecule is C[C@H](NC(=O)[C@@H]1CCCN(c2nnc(N3CCCC3=O)s2)C1)c1ccc2c(c1)OCCO2. The Kier molecular flexibility index (Phi) is 5.86. The molecule has 5 rings (SSSR count). The largest absolute Gasteiger partial charge is 0.486 e. The number of piperidine rings is 1. The third-order valence-corrected chi connectivity index (χ3v) is 7.20. The molecule has 0 radical (unpaired) electrons. The molecule has 0 aliphatic carbocycles. The average molecular weight is 458 g/mol. The maximum atomic E-state index is 13.0. The number of carbonyl (C=O) groups is 2. The average Bonchev–Trinajstić information content (AvgIpc) is 3.47. The van der Waals surface area contributed by atoms with Crippen LogP contribution in [-0.4, -0.2) is 54.9 Å². The zero-order chi connectivity index (χ0) is 22.1. The molecule has 0 spiro atoms. The molecular formula is C22H27N5O4S. The Morgan fingerprint density at radius 1 is 1.16 bits per heavy atom. The van der Waals surface area contributed by atoms with Gasteiger partial charge in [-0.05, 0) is 43.9 Å². The van der Waals surface area contributed by atoms with Gasteiger partial charge in [0.05, 0.1) is 12.0 Å². The summed E-state index contributed by atoms with van der Waals surface area (Å²) in [5.41, 5.74) is 0.985. The van der Waals surface area contributed by atoms with Crippen LogP contribution in [-0.2, 0) is 9.59 Å². The monoisotopic (exact) mass is 457 g/mol. The van der Waals surface area contributed by atoms with Gasteiger partial charge in [-0.3, -0.25) is 14.5 Å². The Morgan fingerprint density at radius 3 is 2.78 bits per heavy atom. The zero-order valence-electron chi connectivity index (χ0n) is 18.1. The topological polar surface area (TPSA) is 96.9 Å². The second kappa shape index (κ2) is 8.93. The van der Waals surface area contributed by atoms with Crippen molar-refractivity contribution in [1.82, 2.24) is 15.5 Å². The number of nitrogens with zero attached hydrogens (tertiary/aromatic N) is 4. The molecule has 2 atom stereocenters. The lowest BCUT2D eigenvalue weighted by Gasteiger charge is -2.32. The van der Waals surface area contributed by atoms with Crippen LogP contribution >= 0.6 is 11.3 Å². The number of benzene rings is 1. The van der Waals surface area contributed by atoms with Crippen LogP contribution < -0.4 is 24.6 Å². The first kappa shape index (κ1) is 21.0. The van der Waals surface area contributed by atoms with Crippen molar-refractivity contribution in [2.75, 3.05) is 42.6 Å². The third kappa shape index (κ3) is 4.23. The van der Waals surface area contributed by atoms with Crippen molar-refractivity contribution < 1.29 is 19.1 Å². The van der Waals surface area contributed by atoms with E-state index in [2.05, 4.69) is 20.4 Å². The van der Waals surface area contributed by atoms with E-state index in [0.717, 1.165) is 48.0 Å². The van der Waals surface area contributed by atoms with Gasteiger partial charge in [0.25, 0.3) is 0 Å². The quantitative estimate of drug-likeness (QED) is 0.737. The highest BCUT2D eigenvalue weighted by Crippen LogP contribution is 2.34. The zero-order valence-corrected chi connectivity index (χ0v) is 18.9. The number of aromatic nitrogens is 2. The maximum absolute atomic E-state index is 13.0. The van der Waals surface area contributed by atoms with E-state index in [0.29, 0.717) is 37.9 Å². The number of carbonyl (C=O) groups excluding carboxylic acids is 2. The first-order valence-corrected chi connectivity index (χ1v) is 12.0. The number of ether oxygens (including phenoxy) is 2. The molecule has 10 heteroatoms. The molecular weight excluding hydrogens is 430 g/mol. The number of nitrogens with one attached hydrogen (secondary N) is 1. The van der Waals surface area contributed by atoms with Gasteiger partial charge in [0.2, 0.25) is 22.1 Å². The molecule has 0 bridgehead atoms. The van der Waals surface area contributed by atoms with Crippen molar-refractivity contribution in [3.05, 3.63) is 23.8 Å². The minimum Gasteiger partial charge on any atom is -0.486 e. The number of fused-ring (bicyclic) bond motifs is 1. The molecule has 2 aromatic rings.